The first-order chi connectivity index (χ1) is 13.3. The average Bonchev–Trinajstić information content (AvgIpc) is 2.63. The summed E-state index contributed by atoms with van der Waals surface area (Å²) in [7, 11) is 0. The van der Waals surface area contributed by atoms with Crippen LogP contribution >= 0.6 is 0 Å². The van der Waals surface area contributed by atoms with Crippen LogP contribution in [0.5, 0.6) is 0 Å². The molecule has 8 nitrogen and oxygen atoms in total. The lowest BCUT2D eigenvalue weighted by atomic mass is 10.0. The second-order valence-corrected chi connectivity index (χ2v) is 6.99. The second-order valence-electron chi connectivity index (χ2n) is 6.99. The van der Waals surface area contributed by atoms with Gasteiger partial charge in [0.2, 0.25) is 17.7 Å². The molecule has 150 valence electrons. The summed E-state index contributed by atoms with van der Waals surface area (Å²) in [5.74, 6) is -2.62. The SMILES string of the molecule is CC(C)=CC[C@@H](NC(=O)C[C@@H]1NC(=O)[C@H](Cc2ccccc2)NC1=O)C(=O)O. The van der Waals surface area contributed by atoms with Crippen LogP contribution in [-0.2, 0) is 25.6 Å². The van der Waals surface area contributed by atoms with Crippen LogP contribution in [0.25, 0.3) is 0 Å². The molecule has 0 bridgehead atoms. The van der Waals surface area contributed by atoms with Gasteiger partial charge in [-0.25, -0.2) is 4.79 Å². The largest absolute Gasteiger partial charge is 0.480 e. The predicted molar refractivity (Wildman–Crippen MR) is 102 cm³/mol. The number of hydrogen-bond donors (Lipinski definition) is 4. The minimum atomic E-state index is -1.16. The van der Waals surface area contributed by atoms with Crippen LogP contribution in [0.4, 0.5) is 0 Å². The Bertz CT molecular complexity index is 771. The van der Waals surface area contributed by atoms with Crippen molar-refractivity contribution in [1.29, 1.82) is 0 Å². The molecule has 0 radical (unpaired) electrons. The number of carbonyl (C=O) groups is 4. The normalized spacial score (nSPS) is 19.8. The Balaban J connectivity index is 1.91. The van der Waals surface area contributed by atoms with Crippen molar-refractivity contribution in [2.75, 3.05) is 0 Å². The molecule has 1 heterocycles. The fraction of sp³-hybridized carbons (Fsp3) is 0.400. The minimum absolute atomic E-state index is 0.145. The molecule has 2 rings (SSSR count). The summed E-state index contributed by atoms with van der Waals surface area (Å²) >= 11 is 0. The van der Waals surface area contributed by atoms with Gasteiger partial charge < -0.3 is 21.1 Å². The van der Waals surface area contributed by atoms with Crippen LogP contribution < -0.4 is 16.0 Å². The predicted octanol–water partition coefficient (Wildman–Crippen LogP) is 0.528. The summed E-state index contributed by atoms with van der Waals surface area (Å²) < 4.78 is 0. The molecule has 0 saturated carbocycles. The molecule has 1 aromatic rings. The third kappa shape index (κ3) is 6.22. The summed E-state index contributed by atoms with van der Waals surface area (Å²) in [4.78, 5) is 48.0. The molecular weight excluding hydrogens is 362 g/mol. The second kappa shape index (κ2) is 9.68. The molecule has 0 aliphatic carbocycles. The van der Waals surface area contributed by atoms with E-state index in [0.29, 0.717) is 6.42 Å². The number of amides is 3. The fourth-order valence-corrected chi connectivity index (χ4v) is 2.83. The number of allylic oxidation sites excluding steroid dienone is 1. The molecule has 3 amide bonds. The number of carboxylic acids is 1. The molecule has 1 fully saturated rings. The Hall–Kier alpha value is -3.16. The first-order valence-corrected chi connectivity index (χ1v) is 9.06. The summed E-state index contributed by atoms with van der Waals surface area (Å²) in [5.41, 5.74) is 1.84. The third-order valence-electron chi connectivity index (χ3n) is 4.33. The molecule has 1 saturated heterocycles. The van der Waals surface area contributed by atoms with Crippen molar-refractivity contribution >= 4 is 23.7 Å². The van der Waals surface area contributed by atoms with Gasteiger partial charge in [0.1, 0.15) is 18.1 Å². The maximum absolute atomic E-state index is 12.3. The van der Waals surface area contributed by atoms with Crippen molar-refractivity contribution in [1.82, 2.24) is 16.0 Å². The summed E-state index contributed by atoms with van der Waals surface area (Å²) in [6, 6.07) is 6.44. The van der Waals surface area contributed by atoms with E-state index in [1.54, 1.807) is 6.08 Å². The quantitative estimate of drug-likeness (QED) is 0.484. The van der Waals surface area contributed by atoms with E-state index in [1.807, 2.05) is 44.2 Å². The van der Waals surface area contributed by atoms with E-state index >= 15 is 0 Å². The van der Waals surface area contributed by atoms with Gasteiger partial charge in [-0.3, -0.25) is 14.4 Å². The van der Waals surface area contributed by atoms with Crippen molar-refractivity contribution in [3.63, 3.8) is 0 Å². The zero-order chi connectivity index (χ0) is 20.7. The zero-order valence-corrected chi connectivity index (χ0v) is 15.9. The number of benzene rings is 1. The lowest BCUT2D eigenvalue weighted by Gasteiger charge is -2.29. The Morgan fingerprint density at radius 2 is 1.71 bits per heavy atom. The van der Waals surface area contributed by atoms with E-state index in [9.17, 15) is 24.3 Å². The molecule has 4 N–H and O–H groups in total. The third-order valence-corrected chi connectivity index (χ3v) is 4.33. The van der Waals surface area contributed by atoms with Crippen LogP contribution in [-0.4, -0.2) is 46.9 Å². The highest BCUT2D eigenvalue weighted by Gasteiger charge is 2.35. The number of aliphatic carboxylic acids is 1. The lowest BCUT2D eigenvalue weighted by molar-refractivity contribution is -0.142. The number of piperazine rings is 1. The van der Waals surface area contributed by atoms with Gasteiger partial charge in [-0.1, -0.05) is 42.0 Å². The molecule has 1 aliphatic rings. The van der Waals surface area contributed by atoms with Crippen LogP contribution in [0.2, 0.25) is 0 Å². The Morgan fingerprint density at radius 1 is 1.11 bits per heavy atom. The molecule has 3 atom stereocenters. The van der Waals surface area contributed by atoms with Gasteiger partial charge in [0.25, 0.3) is 0 Å². The zero-order valence-electron chi connectivity index (χ0n) is 15.9. The number of nitrogens with one attached hydrogen (secondary N) is 3. The number of rotatable bonds is 8. The van der Waals surface area contributed by atoms with Gasteiger partial charge in [0.05, 0.1) is 6.42 Å². The van der Waals surface area contributed by atoms with Crippen LogP contribution in [0.1, 0.15) is 32.3 Å². The molecule has 1 aromatic carbocycles. The van der Waals surface area contributed by atoms with E-state index in [4.69, 9.17) is 0 Å². The smallest absolute Gasteiger partial charge is 0.326 e. The topological polar surface area (TPSA) is 125 Å². The van der Waals surface area contributed by atoms with Crippen LogP contribution in [0.3, 0.4) is 0 Å². The molecule has 0 spiro atoms. The highest BCUT2D eigenvalue weighted by atomic mass is 16.4. The van der Waals surface area contributed by atoms with Crippen LogP contribution in [0, 0.1) is 0 Å². The minimum Gasteiger partial charge on any atom is -0.480 e. The maximum Gasteiger partial charge on any atom is 0.326 e. The van der Waals surface area contributed by atoms with Gasteiger partial charge in [-0.05, 0) is 25.8 Å². The van der Waals surface area contributed by atoms with Crippen molar-refractivity contribution < 1.29 is 24.3 Å². The molecule has 0 aromatic heterocycles. The first kappa shape index (κ1) is 21.1. The van der Waals surface area contributed by atoms with Crippen molar-refractivity contribution in [3.05, 3.63) is 47.5 Å². The van der Waals surface area contributed by atoms with Crippen LogP contribution in [0.15, 0.2) is 42.0 Å². The molecule has 0 unspecified atom stereocenters. The van der Waals surface area contributed by atoms with E-state index in [0.717, 1.165) is 11.1 Å². The van der Waals surface area contributed by atoms with E-state index in [1.165, 1.54) is 0 Å². The summed E-state index contributed by atoms with van der Waals surface area (Å²) in [6.07, 6.45) is 1.88. The van der Waals surface area contributed by atoms with Gasteiger partial charge in [-0.15, -0.1) is 0 Å². The summed E-state index contributed by atoms with van der Waals surface area (Å²) in [6.45, 7) is 3.66. The Labute approximate surface area is 163 Å². The monoisotopic (exact) mass is 387 g/mol. The molecule has 8 heteroatoms. The molecule has 1 aliphatic heterocycles. The molecular formula is C20H25N3O5. The number of carboxylic acid groups (broad SMARTS) is 1. The highest BCUT2D eigenvalue weighted by Crippen LogP contribution is 2.09. The average molecular weight is 387 g/mol. The first-order valence-electron chi connectivity index (χ1n) is 9.06. The van der Waals surface area contributed by atoms with Gasteiger partial charge in [0.15, 0.2) is 0 Å². The fourth-order valence-electron chi connectivity index (χ4n) is 2.83. The maximum atomic E-state index is 12.3. The standard InChI is InChI=1S/C20H25N3O5/c1-12(2)8-9-14(20(27)28)21-17(24)11-16-19(26)22-15(18(25)23-16)10-13-6-4-3-5-7-13/h3-8,14-16H,9-11H2,1-2H3,(H,21,24)(H,22,26)(H,23,25)(H,27,28)/t14-,15+,16+/m1/s1. The number of hydrogen-bond acceptors (Lipinski definition) is 4. The van der Waals surface area contributed by atoms with Gasteiger partial charge in [0, 0.05) is 6.42 Å². The number of carbonyl (C=O) groups excluding carboxylic acids is 3. The highest BCUT2D eigenvalue weighted by molar-refractivity contribution is 5.99. The van der Waals surface area contributed by atoms with Crippen molar-refractivity contribution in [2.45, 2.75) is 51.2 Å². The Kier molecular flexibility index (Phi) is 7.31. The van der Waals surface area contributed by atoms with E-state index in [-0.39, 0.29) is 18.7 Å². The van der Waals surface area contributed by atoms with E-state index < -0.39 is 35.9 Å². The van der Waals surface area contributed by atoms with Gasteiger partial charge in [-0.2, -0.15) is 0 Å². The Morgan fingerprint density at radius 3 is 2.32 bits per heavy atom. The lowest BCUT2D eigenvalue weighted by Crippen LogP contribution is -2.63. The van der Waals surface area contributed by atoms with Crippen molar-refractivity contribution in [3.8, 4) is 0 Å². The summed E-state index contributed by atoms with van der Waals surface area (Å²) in [5, 5.41) is 16.8. The van der Waals surface area contributed by atoms with E-state index in [2.05, 4.69) is 16.0 Å². The van der Waals surface area contributed by atoms with Crippen molar-refractivity contribution in [2.24, 2.45) is 0 Å². The molecule has 28 heavy (non-hydrogen) atoms. The van der Waals surface area contributed by atoms with Gasteiger partial charge >= 0.3 is 5.97 Å².